The van der Waals surface area contributed by atoms with Crippen molar-refractivity contribution < 1.29 is 17.9 Å². The quantitative estimate of drug-likeness (QED) is 0.457. The smallest absolute Gasteiger partial charge is 0.404 e. The van der Waals surface area contributed by atoms with Crippen LogP contribution >= 0.6 is 12.2 Å². The zero-order valence-electron chi connectivity index (χ0n) is 9.70. The Kier molecular flexibility index (Phi) is 5.15. The van der Waals surface area contributed by atoms with Gasteiger partial charge < -0.3 is 16.2 Å². The summed E-state index contributed by atoms with van der Waals surface area (Å²) in [5, 5.41) is 0. The van der Waals surface area contributed by atoms with E-state index in [4.69, 9.17) is 23.7 Å². The van der Waals surface area contributed by atoms with Crippen molar-refractivity contribution in [2.75, 3.05) is 13.2 Å². The van der Waals surface area contributed by atoms with E-state index in [0.717, 1.165) is 6.20 Å². The van der Waals surface area contributed by atoms with E-state index in [0.29, 0.717) is 5.69 Å². The third-order valence-electron chi connectivity index (χ3n) is 1.94. The van der Waals surface area contributed by atoms with Gasteiger partial charge in [0.1, 0.15) is 16.5 Å². The average molecular weight is 304 g/mol. The van der Waals surface area contributed by atoms with E-state index in [1.165, 1.54) is 12.1 Å². The molecule has 1 heterocycles. The van der Waals surface area contributed by atoms with Crippen LogP contribution in [0, 0.1) is 0 Å². The molecule has 0 aliphatic carbocycles. The number of aromatic nitrogens is 1. The Morgan fingerprint density at radius 1 is 1.42 bits per heavy atom. The molecule has 19 heavy (non-hydrogen) atoms. The zero-order valence-corrected chi connectivity index (χ0v) is 11.3. The lowest BCUT2D eigenvalue weighted by Gasteiger charge is -2.06. The van der Waals surface area contributed by atoms with Crippen LogP contribution in [0.25, 0.3) is 0 Å². The molecule has 0 aromatic carbocycles. The van der Waals surface area contributed by atoms with E-state index >= 15 is 0 Å². The van der Waals surface area contributed by atoms with E-state index in [9.17, 15) is 13.2 Å². The van der Waals surface area contributed by atoms with E-state index in [-0.39, 0.29) is 23.0 Å². The zero-order chi connectivity index (χ0) is 14.5. The fourth-order valence-electron chi connectivity index (χ4n) is 1.10. The first-order valence-electron chi connectivity index (χ1n) is 5.00. The first-order valence-corrected chi connectivity index (χ1v) is 6.90. The highest BCUT2D eigenvalue weighted by Gasteiger charge is 2.14. The number of sulfonamides is 1. The molecule has 0 saturated carbocycles. The maximum Gasteiger partial charge on any atom is 0.404 e. The highest BCUT2D eigenvalue weighted by atomic mass is 32.2. The number of carbonyl (C=O) groups excluding carboxylic acids is 1. The third kappa shape index (κ3) is 4.77. The van der Waals surface area contributed by atoms with Crippen LogP contribution in [0.2, 0.25) is 0 Å². The Balaban J connectivity index is 2.66. The monoisotopic (exact) mass is 304 g/mol. The van der Waals surface area contributed by atoms with Crippen molar-refractivity contribution >= 4 is 33.3 Å². The maximum atomic E-state index is 11.8. The summed E-state index contributed by atoms with van der Waals surface area (Å²) in [5.41, 5.74) is 10.4. The average Bonchev–Trinajstić information content (AvgIpc) is 2.34. The van der Waals surface area contributed by atoms with Gasteiger partial charge in [-0.05, 0) is 12.1 Å². The van der Waals surface area contributed by atoms with Crippen LogP contribution in [0.15, 0.2) is 23.2 Å². The predicted octanol–water partition coefficient (Wildman–Crippen LogP) is -0.911. The number of thiocarbonyl (C=S) groups is 1. The van der Waals surface area contributed by atoms with Gasteiger partial charge in [0, 0.05) is 12.7 Å². The van der Waals surface area contributed by atoms with Gasteiger partial charge in [-0.15, -0.1) is 0 Å². The van der Waals surface area contributed by atoms with Crippen LogP contribution in [0.1, 0.15) is 5.69 Å². The highest BCUT2D eigenvalue weighted by molar-refractivity contribution is 7.89. The summed E-state index contributed by atoms with van der Waals surface area (Å²) in [6.07, 6.45) is 0.160. The normalized spacial score (nSPS) is 10.9. The largest absolute Gasteiger partial charge is 0.448 e. The van der Waals surface area contributed by atoms with Crippen molar-refractivity contribution in [1.29, 1.82) is 0 Å². The number of nitrogens with two attached hydrogens (primary N) is 2. The Morgan fingerprint density at radius 2 is 2.11 bits per heavy atom. The first kappa shape index (κ1) is 15.3. The molecule has 0 saturated heterocycles. The second-order valence-electron chi connectivity index (χ2n) is 3.31. The lowest BCUT2D eigenvalue weighted by molar-refractivity contribution is 0.159. The number of nitrogens with zero attached hydrogens (tertiary/aromatic N) is 1. The Bertz CT molecular complexity index is 570. The lowest BCUT2D eigenvalue weighted by Crippen LogP contribution is -2.29. The maximum absolute atomic E-state index is 11.8. The Morgan fingerprint density at radius 3 is 2.58 bits per heavy atom. The van der Waals surface area contributed by atoms with Crippen molar-refractivity contribution in [3.63, 3.8) is 0 Å². The summed E-state index contributed by atoms with van der Waals surface area (Å²) in [5.74, 6) is 0. The van der Waals surface area contributed by atoms with Gasteiger partial charge in [-0.3, -0.25) is 4.98 Å². The number of carbonyl (C=O) groups is 1. The Hall–Kier alpha value is -1.78. The molecule has 104 valence electrons. The molecule has 8 nitrogen and oxygen atoms in total. The number of primary amides is 1. The molecule has 0 unspecified atom stereocenters. The van der Waals surface area contributed by atoms with Crippen molar-refractivity contribution in [1.82, 2.24) is 9.71 Å². The second kappa shape index (κ2) is 6.41. The summed E-state index contributed by atoms with van der Waals surface area (Å²) in [7, 11) is -3.73. The van der Waals surface area contributed by atoms with Crippen molar-refractivity contribution in [2.45, 2.75) is 4.90 Å². The number of rotatable bonds is 6. The number of nitrogens with one attached hydrogen (secondary N) is 1. The molecule has 1 aromatic heterocycles. The van der Waals surface area contributed by atoms with Crippen LogP contribution in [-0.4, -0.2) is 37.6 Å². The number of pyridine rings is 1. The molecule has 1 amide bonds. The number of ether oxygens (including phenoxy) is 1. The minimum Gasteiger partial charge on any atom is -0.448 e. The molecule has 0 fully saturated rings. The fraction of sp³-hybridized carbons (Fsp3) is 0.222. The molecular weight excluding hydrogens is 292 g/mol. The van der Waals surface area contributed by atoms with Crippen LogP contribution in [-0.2, 0) is 14.8 Å². The molecule has 0 atom stereocenters. The molecule has 0 aliphatic heterocycles. The van der Waals surface area contributed by atoms with E-state index in [1.54, 1.807) is 0 Å². The van der Waals surface area contributed by atoms with Crippen LogP contribution in [0.5, 0.6) is 0 Å². The van der Waals surface area contributed by atoms with E-state index < -0.39 is 16.1 Å². The standard InChI is InChI=1S/C9H12N4O4S2/c10-8(18)7-2-1-6(5-12-7)19(15,16)13-3-4-17-9(11)14/h1-2,5,13H,3-4H2,(H2,10,18)(H2,11,14). The van der Waals surface area contributed by atoms with Crippen molar-refractivity contribution in [2.24, 2.45) is 11.5 Å². The van der Waals surface area contributed by atoms with Crippen molar-refractivity contribution in [3.8, 4) is 0 Å². The van der Waals surface area contributed by atoms with Crippen LogP contribution < -0.4 is 16.2 Å². The molecule has 0 spiro atoms. The summed E-state index contributed by atoms with van der Waals surface area (Å²) in [6, 6.07) is 2.72. The van der Waals surface area contributed by atoms with Gasteiger partial charge in [0.05, 0.1) is 5.69 Å². The van der Waals surface area contributed by atoms with Gasteiger partial charge >= 0.3 is 6.09 Å². The SMILES string of the molecule is NC(=O)OCCNS(=O)(=O)c1ccc(C(N)=S)nc1. The molecule has 10 heteroatoms. The minimum absolute atomic E-state index is 0.0495. The summed E-state index contributed by atoms with van der Waals surface area (Å²) < 4.78 is 30.1. The predicted molar refractivity (Wildman–Crippen MR) is 70.8 cm³/mol. The lowest BCUT2D eigenvalue weighted by atomic mass is 10.3. The highest BCUT2D eigenvalue weighted by Crippen LogP contribution is 2.07. The van der Waals surface area contributed by atoms with Crippen molar-refractivity contribution in [3.05, 3.63) is 24.0 Å². The van der Waals surface area contributed by atoms with Crippen LogP contribution in [0.3, 0.4) is 0 Å². The number of hydrogen-bond donors (Lipinski definition) is 3. The van der Waals surface area contributed by atoms with E-state index in [2.05, 4.69) is 14.4 Å². The molecule has 0 bridgehead atoms. The van der Waals surface area contributed by atoms with Gasteiger partial charge in [-0.25, -0.2) is 17.9 Å². The van der Waals surface area contributed by atoms with Gasteiger partial charge in [0.2, 0.25) is 10.0 Å². The summed E-state index contributed by atoms with van der Waals surface area (Å²) in [4.78, 5) is 14.1. The summed E-state index contributed by atoms with van der Waals surface area (Å²) >= 11 is 4.70. The minimum atomic E-state index is -3.73. The molecule has 5 N–H and O–H groups in total. The molecule has 1 rings (SSSR count). The van der Waals surface area contributed by atoms with E-state index in [1.807, 2.05) is 0 Å². The first-order chi connectivity index (χ1) is 8.83. The van der Waals surface area contributed by atoms with Gasteiger partial charge in [-0.2, -0.15) is 0 Å². The number of hydrogen-bond acceptors (Lipinski definition) is 6. The number of amides is 1. The third-order valence-corrected chi connectivity index (χ3v) is 3.59. The Labute approximate surface area is 115 Å². The fourth-order valence-corrected chi connectivity index (χ4v) is 2.17. The molecule has 0 aliphatic rings. The summed E-state index contributed by atoms with van der Waals surface area (Å²) in [6.45, 7) is -0.255. The van der Waals surface area contributed by atoms with Gasteiger partial charge in [-0.1, -0.05) is 12.2 Å². The van der Waals surface area contributed by atoms with Gasteiger partial charge in [0.25, 0.3) is 0 Å². The molecular formula is C9H12N4O4S2. The molecule has 0 radical (unpaired) electrons. The second-order valence-corrected chi connectivity index (χ2v) is 5.52. The van der Waals surface area contributed by atoms with Crippen LogP contribution in [0.4, 0.5) is 4.79 Å². The topological polar surface area (TPSA) is 137 Å². The molecule has 1 aromatic rings. The van der Waals surface area contributed by atoms with Gasteiger partial charge in [0.15, 0.2) is 0 Å².